The summed E-state index contributed by atoms with van der Waals surface area (Å²) in [4.78, 5) is 4.47. The molecule has 0 aliphatic carbocycles. The summed E-state index contributed by atoms with van der Waals surface area (Å²) in [6.07, 6.45) is 6.15. The summed E-state index contributed by atoms with van der Waals surface area (Å²) < 4.78 is 0. The molecule has 4 heteroatoms. The van der Waals surface area contributed by atoms with Crippen molar-refractivity contribution in [2.24, 2.45) is 10.1 Å². The largest absolute Gasteiger partial charge is 0.507 e. The van der Waals surface area contributed by atoms with Gasteiger partial charge in [0.05, 0.1) is 6.21 Å². The molecule has 3 rings (SSSR count). The first-order chi connectivity index (χ1) is 10.3. The quantitative estimate of drug-likeness (QED) is 0.654. The second kappa shape index (κ2) is 6.39. The minimum atomic E-state index is 0.238. The highest BCUT2D eigenvalue weighted by Gasteiger charge is 2.05. The molecule has 0 unspecified atom stereocenters. The molecule has 0 fully saturated rings. The summed E-state index contributed by atoms with van der Waals surface area (Å²) in [5, 5.41) is 16.4. The zero-order valence-electron chi connectivity index (χ0n) is 11.9. The molecule has 0 radical (unpaired) electrons. The van der Waals surface area contributed by atoms with Crippen LogP contribution < -0.4 is 5.43 Å². The third-order valence-corrected chi connectivity index (χ3v) is 3.71. The zero-order valence-corrected chi connectivity index (χ0v) is 11.9. The summed E-state index contributed by atoms with van der Waals surface area (Å²) in [6.45, 7) is 0.872. The second-order valence-electron chi connectivity index (χ2n) is 5.23. The van der Waals surface area contributed by atoms with Gasteiger partial charge >= 0.3 is 0 Å². The molecule has 21 heavy (non-hydrogen) atoms. The van der Waals surface area contributed by atoms with Crippen LogP contribution in [0.25, 0.3) is 10.8 Å². The highest BCUT2D eigenvalue weighted by atomic mass is 16.3. The van der Waals surface area contributed by atoms with Gasteiger partial charge in [-0.25, -0.2) is 0 Å². The van der Waals surface area contributed by atoms with Crippen LogP contribution in [-0.4, -0.2) is 23.7 Å². The minimum Gasteiger partial charge on any atom is -0.507 e. The zero-order chi connectivity index (χ0) is 14.5. The molecule has 1 heterocycles. The number of amidine groups is 1. The molecule has 0 amide bonds. The van der Waals surface area contributed by atoms with Gasteiger partial charge in [0, 0.05) is 18.5 Å². The van der Waals surface area contributed by atoms with Crippen molar-refractivity contribution in [1.29, 1.82) is 0 Å². The Morgan fingerprint density at radius 2 is 2.00 bits per heavy atom. The first kappa shape index (κ1) is 13.6. The Hall–Kier alpha value is -2.36. The fourth-order valence-electron chi connectivity index (χ4n) is 2.56. The van der Waals surface area contributed by atoms with Crippen molar-refractivity contribution in [3.8, 4) is 5.75 Å². The van der Waals surface area contributed by atoms with Crippen LogP contribution >= 0.6 is 0 Å². The van der Waals surface area contributed by atoms with Crippen molar-refractivity contribution < 1.29 is 5.11 Å². The Labute approximate surface area is 124 Å². The van der Waals surface area contributed by atoms with Gasteiger partial charge in [0.15, 0.2) is 0 Å². The van der Waals surface area contributed by atoms with E-state index in [1.165, 1.54) is 6.42 Å². The van der Waals surface area contributed by atoms with Gasteiger partial charge in [0.25, 0.3) is 0 Å². The molecule has 4 nitrogen and oxygen atoms in total. The van der Waals surface area contributed by atoms with Gasteiger partial charge in [0.2, 0.25) is 0 Å². The van der Waals surface area contributed by atoms with E-state index in [0.717, 1.165) is 48.0 Å². The lowest BCUT2D eigenvalue weighted by atomic mass is 10.0. The van der Waals surface area contributed by atoms with Crippen molar-refractivity contribution in [3.63, 3.8) is 0 Å². The van der Waals surface area contributed by atoms with E-state index < -0.39 is 0 Å². The molecule has 2 N–H and O–H groups in total. The van der Waals surface area contributed by atoms with Gasteiger partial charge in [0.1, 0.15) is 11.6 Å². The molecule has 1 aliphatic rings. The Balaban J connectivity index is 1.82. The third-order valence-electron chi connectivity index (χ3n) is 3.71. The molecule has 0 saturated heterocycles. The van der Waals surface area contributed by atoms with Crippen LogP contribution in [0.2, 0.25) is 0 Å². The van der Waals surface area contributed by atoms with Gasteiger partial charge in [-0.2, -0.15) is 5.10 Å². The van der Waals surface area contributed by atoms with E-state index in [-0.39, 0.29) is 5.75 Å². The molecular formula is C17H19N3O. The highest BCUT2D eigenvalue weighted by molar-refractivity contribution is 6.02. The number of nitrogens with one attached hydrogen (secondary N) is 1. The van der Waals surface area contributed by atoms with Crippen LogP contribution in [0, 0.1) is 0 Å². The fraction of sp³-hybridized carbons (Fsp3) is 0.294. The summed E-state index contributed by atoms with van der Waals surface area (Å²) >= 11 is 0. The van der Waals surface area contributed by atoms with Gasteiger partial charge in [-0.1, -0.05) is 36.8 Å². The number of nitrogens with zero attached hydrogens (tertiary/aromatic N) is 2. The SMILES string of the molecule is Oc1ccc2ccccc2c1C=NNC1=NCCCCC1. The van der Waals surface area contributed by atoms with Crippen LogP contribution in [0.15, 0.2) is 46.5 Å². The van der Waals surface area contributed by atoms with E-state index in [0.29, 0.717) is 0 Å². The van der Waals surface area contributed by atoms with Crippen molar-refractivity contribution >= 4 is 22.8 Å². The fourth-order valence-corrected chi connectivity index (χ4v) is 2.56. The van der Waals surface area contributed by atoms with Gasteiger partial charge < -0.3 is 5.11 Å². The van der Waals surface area contributed by atoms with Crippen LogP contribution in [0.3, 0.4) is 0 Å². The summed E-state index contributed by atoms with van der Waals surface area (Å²) in [6, 6.07) is 11.6. The van der Waals surface area contributed by atoms with Crippen molar-refractivity contribution in [1.82, 2.24) is 5.43 Å². The number of phenolic OH excluding ortho intramolecular Hbond substituents is 1. The van der Waals surface area contributed by atoms with E-state index in [9.17, 15) is 5.11 Å². The molecule has 0 saturated carbocycles. The van der Waals surface area contributed by atoms with Crippen LogP contribution in [0.4, 0.5) is 0 Å². The lowest BCUT2D eigenvalue weighted by molar-refractivity contribution is 0.475. The number of fused-ring (bicyclic) bond motifs is 1. The monoisotopic (exact) mass is 281 g/mol. The number of benzene rings is 2. The molecule has 0 atom stereocenters. The number of aliphatic imine (C=N–C) groups is 1. The number of hydrogen-bond acceptors (Lipinski definition) is 4. The van der Waals surface area contributed by atoms with E-state index in [1.54, 1.807) is 12.3 Å². The molecule has 2 aromatic rings. The van der Waals surface area contributed by atoms with Crippen LogP contribution in [0.5, 0.6) is 5.75 Å². The van der Waals surface area contributed by atoms with Gasteiger partial charge in [-0.05, 0) is 29.7 Å². The summed E-state index contributed by atoms with van der Waals surface area (Å²) in [5.74, 6) is 1.17. The first-order valence-corrected chi connectivity index (χ1v) is 7.38. The molecule has 0 spiro atoms. The number of phenols is 1. The second-order valence-corrected chi connectivity index (χ2v) is 5.23. The lowest BCUT2D eigenvalue weighted by Gasteiger charge is -2.05. The van der Waals surface area contributed by atoms with E-state index in [4.69, 9.17) is 0 Å². The highest BCUT2D eigenvalue weighted by Crippen LogP contribution is 2.25. The molecule has 108 valence electrons. The molecule has 1 aliphatic heterocycles. The minimum absolute atomic E-state index is 0.238. The van der Waals surface area contributed by atoms with E-state index in [2.05, 4.69) is 15.5 Å². The van der Waals surface area contributed by atoms with Gasteiger partial charge in [-0.3, -0.25) is 10.4 Å². The maximum absolute atomic E-state index is 10.0. The predicted molar refractivity (Wildman–Crippen MR) is 87.1 cm³/mol. The van der Waals surface area contributed by atoms with Crippen LogP contribution in [-0.2, 0) is 0 Å². The topological polar surface area (TPSA) is 57.0 Å². The number of hydrogen-bond donors (Lipinski definition) is 2. The normalized spacial score (nSPS) is 15.9. The van der Waals surface area contributed by atoms with E-state index in [1.807, 2.05) is 30.3 Å². The molecule has 2 aromatic carbocycles. The maximum Gasteiger partial charge on any atom is 0.125 e. The van der Waals surface area contributed by atoms with Crippen LogP contribution in [0.1, 0.15) is 31.2 Å². The first-order valence-electron chi connectivity index (χ1n) is 7.38. The lowest BCUT2D eigenvalue weighted by Crippen LogP contribution is -2.17. The standard InChI is InChI=1S/C17H19N3O/c21-16-10-9-13-6-3-4-7-14(13)15(16)12-19-20-17-8-2-1-5-11-18-17/h3-4,6-7,9-10,12,21H,1-2,5,8,11H2,(H,18,20). The van der Waals surface area contributed by atoms with Crippen molar-refractivity contribution in [2.45, 2.75) is 25.7 Å². The molecular weight excluding hydrogens is 262 g/mol. The van der Waals surface area contributed by atoms with Gasteiger partial charge in [-0.15, -0.1) is 0 Å². The summed E-state index contributed by atoms with van der Waals surface area (Å²) in [7, 11) is 0. The Bertz CT molecular complexity index is 691. The number of rotatable bonds is 2. The maximum atomic E-state index is 10.0. The number of aromatic hydroxyl groups is 1. The van der Waals surface area contributed by atoms with Crippen molar-refractivity contribution in [3.05, 3.63) is 42.0 Å². The van der Waals surface area contributed by atoms with E-state index >= 15 is 0 Å². The Kier molecular flexibility index (Phi) is 4.15. The average molecular weight is 281 g/mol. The Morgan fingerprint density at radius 3 is 2.95 bits per heavy atom. The molecule has 0 aromatic heterocycles. The smallest absolute Gasteiger partial charge is 0.125 e. The predicted octanol–water partition coefficient (Wildman–Crippen LogP) is 3.44. The van der Waals surface area contributed by atoms with Crippen molar-refractivity contribution in [2.75, 3.05) is 6.54 Å². The number of hydrazone groups is 1. The molecule has 0 bridgehead atoms. The third kappa shape index (κ3) is 3.21. The average Bonchev–Trinajstić information content (AvgIpc) is 2.78. The summed E-state index contributed by atoms with van der Waals surface area (Å²) in [5.41, 5.74) is 3.74. The Morgan fingerprint density at radius 1 is 1.10 bits per heavy atom.